The van der Waals surface area contributed by atoms with Crippen LogP contribution in [0.4, 0.5) is 4.39 Å². The van der Waals surface area contributed by atoms with Crippen LogP contribution >= 0.6 is 15.9 Å². The first kappa shape index (κ1) is 14.9. The van der Waals surface area contributed by atoms with Crippen molar-refractivity contribution < 1.29 is 4.39 Å². The molecule has 0 amide bonds. The summed E-state index contributed by atoms with van der Waals surface area (Å²) in [6, 6.07) is 5.70. The molecule has 0 aliphatic carbocycles. The third-order valence-electron chi connectivity index (χ3n) is 4.12. The van der Waals surface area contributed by atoms with Crippen molar-refractivity contribution in [1.29, 1.82) is 0 Å². The largest absolute Gasteiger partial charge is 0.319 e. The van der Waals surface area contributed by atoms with Crippen molar-refractivity contribution in [2.45, 2.75) is 25.8 Å². The summed E-state index contributed by atoms with van der Waals surface area (Å²) in [5.74, 6) is 0.608. The van der Waals surface area contributed by atoms with E-state index in [-0.39, 0.29) is 5.82 Å². The predicted molar refractivity (Wildman–Crippen MR) is 80.7 cm³/mol. The van der Waals surface area contributed by atoms with E-state index in [1.165, 1.54) is 18.4 Å². The fraction of sp³-hybridized carbons (Fsp3) is 0.600. The van der Waals surface area contributed by atoms with Crippen LogP contribution < -0.4 is 5.32 Å². The Hall–Kier alpha value is -0.450. The molecule has 0 saturated carbocycles. The third kappa shape index (κ3) is 3.77. The number of benzene rings is 1. The maximum absolute atomic E-state index is 13.3. The number of piperidine rings is 1. The van der Waals surface area contributed by atoms with Gasteiger partial charge in [0.2, 0.25) is 0 Å². The molecule has 1 N–H and O–H groups in total. The van der Waals surface area contributed by atoms with E-state index < -0.39 is 0 Å². The van der Waals surface area contributed by atoms with Crippen LogP contribution in [0.25, 0.3) is 0 Å². The van der Waals surface area contributed by atoms with Crippen LogP contribution in [0.2, 0.25) is 0 Å². The summed E-state index contributed by atoms with van der Waals surface area (Å²) in [6.45, 7) is 5.58. The van der Waals surface area contributed by atoms with Crippen LogP contribution in [0.5, 0.6) is 0 Å². The lowest BCUT2D eigenvalue weighted by molar-refractivity contribution is 0.141. The molecule has 1 saturated heterocycles. The maximum atomic E-state index is 13.3. The zero-order valence-corrected chi connectivity index (χ0v) is 13.2. The number of rotatable bonds is 4. The Morgan fingerprint density at radius 1 is 1.42 bits per heavy atom. The predicted octanol–water partition coefficient (Wildman–Crippen LogP) is 3.58. The van der Waals surface area contributed by atoms with Crippen molar-refractivity contribution in [3.8, 4) is 0 Å². The molecule has 0 spiro atoms. The van der Waals surface area contributed by atoms with Gasteiger partial charge in [-0.15, -0.1) is 0 Å². The Morgan fingerprint density at radius 3 is 2.68 bits per heavy atom. The van der Waals surface area contributed by atoms with E-state index in [0.29, 0.717) is 10.5 Å². The second kappa shape index (κ2) is 6.82. The molecule has 1 aromatic rings. The van der Waals surface area contributed by atoms with Gasteiger partial charge in [-0.3, -0.25) is 4.90 Å². The summed E-state index contributed by atoms with van der Waals surface area (Å²) in [5.41, 5.74) is 1.18. The highest BCUT2D eigenvalue weighted by Crippen LogP contribution is 2.28. The summed E-state index contributed by atoms with van der Waals surface area (Å²) in [4.78, 5) is 2.49. The van der Waals surface area contributed by atoms with Crippen molar-refractivity contribution >= 4 is 15.9 Å². The van der Waals surface area contributed by atoms with Crippen LogP contribution in [0.15, 0.2) is 22.7 Å². The lowest BCUT2D eigenvalue weighted by atomic mass is 9.94. The molecule has 1 heterocycles. The van der Waals surface area contributed by atoms with E-state index in [2.05, 4.69) is 33.1 Å². The average molecular weight is 329 g/mol. The van der Waals surface area contributed by atoms with Crippen LogP contribution in [0.3, 0.4) is 0 Å². The third-order valence-corrected chi connectivity index (χ3v) is 4.72. The van der Waals surface area contributed by atoms with Gasteiger partial charge in [0, 0.05) is 6.04 Å². The van der Waals surface area contributed by atoms with Crippen molar-refractivity contribution in [1.82, 2.24) is 10.2 Å². The van der Waals surface area contributed by atoms with Gasteiger partial charge in [0.15, 0.2) is 0 Å². The topological polar surface area (TPSA) is 15.3 Å². The molecular formula is C15H22BrFN2. The SMILES string of the molecule is CNCC1CCN(C(C)c2ccc(F)c(Br)c2)CC1. The smallest absolute Gasteiger partial charge is 0.137 e. The highest BCUT2D eigenvalue weighted by atomic mass is 79.9. The van der Waals surface area contributed by atoms with Crippen LogP contribution in [0.1, 0.15) is 31.4 Å². The fourth-order valence-corrected chi connectivity index (χ4v) is 3.21. The summed E-state index contributed by atoms with van der Waals surface area (Å²) >= 11 is 3.27. The second-order valence-electron chi connectivity index (χ2n) is 5.39. The molecule has 4 heteroatoms. The molecule has 106 valence electrons. The molecular weight excluding hydrogens is 307 g/mol. The fourth-order valence-electron chi connectivity index (χ4n) is 2.82. The molecule has 1 unspecified atom stereocenters. The number of nitrogens with zero attached hydrogens (tertiary/aromatic N) is 1. The Labute approximate surface area is 123 Å². The van der Waals surface area contributed by atoms with Crippen LogP contribution in [-0.4, -0.2) is 31.6 Å². The first-order valence-corrected chi connectivity index (χ1v) is 7.74. The number of likely N-dealkylation sites (tertiary alicyclic amines) is 1. The molecule has 2 rings (SSSR count). The van der Waals surface area contributed by atoms with Gasteiger partial charge in [-0.2, -0.15) is 0 Å². The monoisotopic (exact) mass is 328 g/mol. The summed E-state index contributed by atoms with van der Waals surface area (Å²) in [6.07, 6.45) is 2.49. The van der Waals surface area contributed by atoms with E-state index in [4.69, 9.17) is 0 Å². The Balaban J connectivity index is 1.97. The summed E-state index contributed by atoms with van der Waals surface area (Å²) in [7, 11) is 2.02. The Kier molecular flexibility index (Phi) is 5.37. The molecule has 1 fully saturated rings. The van der Waals surface area contributed by atoms with E-state index in [9.17, 15) is 4.39 Å². The first-order valence-electron chi connectivity index (χ1n) is 6.95. The van der Waals surface area contributed by atoms with Gasteiger partial charge in [-0.05, 0) is 86.0 Å². The van der Waals surface area contributed by atoms with Gasteiger partial charge in [0.1, 0.15) is 5.82 Å². The maximum Gasteiger partial charge on any atom is 0.137 e. The van der Waals surface area contributed by atoms with Crippen molar-refractivity contribution in [2.75, 3.05) is 26.7 Å². The summed E-state index contributed by atoms with van der Waals surface area (Å²) in [5, 5.41) is 3.26. The second-order valence-corrected chi connectivity index (χ2v) is 6.24. The molecule has 1 atom stereocenters. The molecule has 1 aliphatic rings. The Bertz CT molecular complexity index is 417. The number of hydrogen-bond acceptors (Lipinski definition) is 2. The average Bonchev–Trinajstić information content (AvgIpc) is 2.42. The zero-order chi connectivity index (χ0) is 13.8. The quantitative estimate of drug-likeness (QED) is 0.908. The van der Waals surface area contributed by atoms with E-state index in [0.717, 1.165) is 25.6 Å². The highest BCUT2D eigenvalue weighted by Gasteiger charge is 2.23. The molecule has 19 heavy (non-hydrogen) atoms. The number of hydrogen-bond donors (Lipinski definition) is 1. The molecule has 0 radical (unpaired) electrons. The van der Waals surface area contributed by atoms with Crippen molar-refractivity contribution in [2.24, 2.45) is 5.92 Å². The van der Waals surface area contributed by atoms with Gasteiger partial charge >= 0.3 is 0 Å². The minimum Gasteiger partial charge on any atom is -0.319 e. The minimum absolute atomic E-state index is 0.191. The molecule has 1 aliphatic heterocycles. The standard InChI is InChI=1S/C15H22BrFN2/c1-11(13-3-4-15(17)14(16)9-13)19-7-5-12(6-8-19)10-18-2/h3-4,9,11-12,18H,5-8,10H2,1-2H3. The molecule has 2 nitrogen and oxygen atoms in total. The van der Waals surface area contributed by atoms with Crippen LogP contribution in [0, 0.1) is 11.7 Å². The molecule has 1 aromatic carbocycles. The van der Waals surface area contributed by atoms with E-state index in [1.54, 1.807) is 6.07 Å². The van der Waals surface area contributed by atoms with E-state index in [1.807, 2.05) is 19.2 Å². The molecule has 0 bridgehead atoms. The van der Waals surface area contributed by atoms with Gasteiger partial charge in [0.25, 0.3) is 0 Å². The lowest BCUT2D eigenvalue weighted by Gasteiger charge is -2.36. The molecule has 0 aromatic heterocycles. The van der Waals surface area contributed by atoms with Crippen LogP contribution in [-0.2, 0) is 0 Å². The highest BCUT2D eigenvalue weighted by molar-refractivity contribution is 9.10. The first-order chi connectivity index (χ1) is 9.11. The normalized spacial score (nSPS) is 19.6. The van der Waals surface area contributed by atoms with Crippen molar-refractivity contribution in [3.05, 3.63) is 34.1 Å². The van der Waals surface area contributed by atoms with Gasteiger partial charge in [-0.1, -0.05) is 6.07 Å². The summed E-state index contributed by atoms with van der Waals surface area (Å²) < 4.78 is 13.8. The van der Waals surface area contributed by atoms with Gasteiger partial charge in [0.05, 0.1) is 4.47 Å². The zero-order valence-electron chi connectivity index (χ0n) is 11.6. The lowest BCUT2D eigenvalue weighted by Crippen LogP contribution is -2.38. The van der Waals surface area contributed by atoms with Gasteiger partial charge in [-0.25, -0.2) is 4.39 Å². The number of nitrogens with one attached hydrogen (secondary N) is 1. The van der Waals surface area contributed by atoms with E-state index >= 15 is 0 Å². The van der Waals surface area contributed by atoms with Crippen molar-refractivity contribution in [3.63, 3.8) is 0 Å². The number of halogens is 2. The Morgan fingerprint density at radius 2 is 2.11 bits per heavy atom. The van der Waals surface area contributed by atoms with Gasteiger partial charge < -0.3 is 5.32 Å². The minimum atomic E-state index is -0.191.